The van der Waals surface area contributed by atoms with Crippen molar-refractivity contribution in [3.63, 3.8) is 0 Å². The summed E-state index contributed by atoms with van der Waals surface area (Å²) in [6, 6.07) is 12.1. The summed E-state index contributed by atoms with van der Waals surface area (Å²) in [5.41, 5.74) is 1.08. The Bertz CT molecular complexity index is 984. The van der Waals surface area contributed by atoms with Crippen LogP contribution in [-0.4, -0.2) is 55.4 Å². The topological polar surface area (TPSA) is 66.9 Å². The van der Waals surface area contributed by atoms with E-state index in [0.29, 0.717) is 30.8 Å². The number of halogens is 1. The Hall–Kier alpha value is -2.29. The highest BCUT2D eigenvalue weighted by Crippen LogP contribution is 2.22. The maximum Gasteiger partial charge on any atom is 0.254 e. The highest BCUT2D eigenvalue weighted by molar-refractivity contribution is 7.89. The molecule has 8 heteroatoms. The lowest BCUT2D eigenvalue weighted by Crippen LogP contribution is -2.48. The average Bonchev–Trinajstić information content (AvgIpc) is 2.71. The van der Waals surface area contributed by atoms with Gasteiger partial charge < -0.3 is 9.64 Å². The van der Waals surface area contributed by atoms with Gasteiger partial charge in [0.2, 0.25) is 10.0 Å². The summed E-state index contributed by atoms with van der Waals surface area (Å²) in [4.78, 5) is 14.6. The van der Waals surface area contributed by atoms with Crippen LogP contribution < -0.4 is 0 Å². The van der Waals surface area contributed by atoms with Crippen LogP contribution in [0.4, 0.5) is 4.39 Å². The van der Waals surface area contributed by atoms with E-state index in [4.69, 9.17) is 4.74 Å². The molecule has 0 bridgehead atoms. The quantitative estimate of drug-likeness (QED) is 0.700. The van der Waals surface area contributed by atoms with Gasteiger partial charge in [-0.2, -0.15) is 4.31 Å². The summed E-state index contributed by atoms with van der Waals surface area (Å²) >= 11 is 0. The van der Waals surface area contributed by atoms with Crippen LogP contribution in [-0.2, 0) is 21.3 Å². The molecule has 2 atom stereocenters. The Morgan fingerprint density at radius 3 is 2.33 bits per heavy atom. The maximum atomic E-state index is 13.4. The summed E-state index contributed by atoms with van der Waals surface area (Å²) in [5, 5.41) is 0. The van der Waals surface area contributed by atoms with E-state index >= 15 is 0 Å². The van der Waals surface area contributed by atoms with Gasteiger partial charge in [-0.1, -0.05) is 12.1 Å². The molecule has 6 nitrogen and oxygen atoms in total. The maximum absolute atomic E-state index is 13.4. The molecule has 0 spiro atoms. The second kappa shape index (κ2) is 9.24. The summed E-state index contributed by atoms with van der Waals surface area (Å²) < 4.78 is 46.4. The first-order valence-electron chi connectivity index (χ1n) is 10.00. The predicted octanol–water partition coefficient (Wildman–Crippen LogP) is 3.29. The van der Waals surface area contributed by atoms with Crippen LogP contribution in [0.5, 0.6) is 0 Å². The van der Waals surface area contributed by atoms with Crippen LogP contribution in [0.25, 0.3) is 0 Å². The van der Waals surface area contributed by atoms with Crippen molar-refractivity contribution in [2.45, 2.75) is 44.4 Å². The minimum absolute atomic E-state index is 0.147. The lowest BCUT2D eigenvalue weighted by atomic mass is 10.1. The number of sulfonamides is 1. The summed E-state index contributed by atoms with van der Waals surface area (Å²) in [6.07, 6.45) is -0.351. The fraction of sp³-hybridized carbons (Fsp3) is 0.409. The molecule has 3 rings (SSSR count). The van der Waals surface area contributed by atoms with Crippen LogP contribution in [0.15, 0.2) is 53.4 Å². The normalized spacial score (nSPS) is 20.1. The number of carbonyl (C=O) groups is 1. The van der Waals surface area contributed by atoms with Gasteiger partial charge in [-0.25, -0.2) is 12.8 Å². The van der Waals surface area contributed by atoms with Crippen LogP contribution >= 0.6 is 0 Å². The Balaban J connectivity index is 1.76. The molecule has 1 amide bonds. The summed E-state index contributed by atoms with van der Waals surface area (Å²) in [5.74, 6) is -0.586. The Labute approximate surface area is 177 Å². The molecular formula is C22H27FN2O4S. The fourth-order valence-corrected chi connectivity index (χ4v) is 5.20. The number of amides is 1. The number of benzene rings is 2. The lowest BCUT2D eigenvalue weighted by Gasteiger charge is -2.34. The van der Waals surface area contributed by atoms with Crippen molar-refractivity contribution in [2.75, 3.05) is 19.6 Å². The number of morpholine rings is 1. The van der Waals surface area contributed by atoms with Crippen molar-refractivity contribution in [3.8, 4) is 0 Å². The third-order valence-electron chi connectivity index (χ3n) is 5.06. The van der Waals surface area contributed by atoms with Gasteiger partial charge in [-0.15, -0.1) is 0 Å². The highest BCUT2D eigenvalue weighted by Gasteiger charge is 2.32. The minimum Gasteiger partial charge on any atom is -0.373 e. The van der Waals surface area contributed by atoms with Crippen LogP contribution in [0.2, 0.25) is 0 Å². The largest absolute Gasteiger partial charge is 0.373 e. The van der Waals surface area contributed by atoms with Crippen molar-refractivity contribution >= 4 is 15.9 Å². The molecule has 0 aliphatic carbocycles. The molecule has 2 unspecified atom stereocenters. The van der Waals surface area contributed by atoms with Crippen molar-refractivity contribution in [1.82, 2.24) is 9.21 Å². The molecule has 1 saturated heterocycles. The number of ether oxygens (including phenoxy) is 1. The molecule has 162 valence electrons. The lowest BCUT2D eigenvalue weighted by molar-refractivity contribution is -0.0440. The monoisotopic (exact) mass is 434 g/mol. The van der Waals surface area contributed by atoms with Gasteiger partial charge in [0.05, 0.1) is 17.1 Å². The molecule has 1 fully saturated rings. The van der Waals surface area contributed by atoms with Crippen molar-refractivity contribution < 1.29 is 22.3 Å². The molecule has 0 N–H and O–H groups in total. The molecule has 30 heavy (non-hydrogen) atoms. The van der Waals surface area contributed by atoms with Gasteiger partial charge in [-0.05, 0) is 62.7 Å². The Morgan fingerprint density at radius 2 is 1.77 bits per heavy atom. The predicted molar refractivity (Wildman–Crippen MR) is 112 cm³/mol. The molecule has 2 aromatic carbocycles. The molecule has 0 aromatic heterocycles. The van der Waals surface area contributed by atoms with E-state index < -0.39 is 10.0 Å². The summed E-state index contributed by atoms with van der Waals surface area (Å²) in [6.45, 7) is 6.84. The molecule has 2 aromatic rings. The van der Waals surface area contributed by atoms with E-state index in [1.54, 1.807) is 17.0 Å². The van der Waals surface area contributed by atoms with E-state index in [0.717, 1.165) is 0 Å². The molecule has 1 aliphatic rings. The van der Waals surface area contributed by atoms with Gasteiger partial charge >= 0.3 is 0 Å². The number of rotatable bonds is 6. The molecular weight excluding hydrogens is 407 g/mol. The molecule has 1 heterocycles. The van der Waals surface area contributed by atoms with Gasteiger partial charge in [0.1, 0.15) is 5.82 Å². The van der Waals surface area contributed by atoms with E-state index in [2.05, 4.69) is 0 Å². The van der Waals surface area contributed by atoms with E-state index in [-0.39, 0.29) is 35.4 Å². The van der Waals surface area contributed by atoms with Gasteiger partial charge in [0.15, 0.2) is 0 Å². The molecule has 0 saturated carbocycles. The highest BCUT2D eigenvalue weighted by atomic mass is 32.2. The van der Waals surface area contributed by atoms with E-state index in [1.807, 2.05) is 20.8 Å². The molecule has 1 aliphatic heterocycles. The number of hydrogen-bond acceptors (Lipinski definition) is 4. The first-order chi connectivity index (χ1) is 14.2. The smallest absolute Gasteiger partial charge is 0.254 e. The fourth-order valence-electron chi connectivity index (χ4n) is 3.61. The minimum atomic E-state index is -3.66. The van der Waals surface area contributed by atoms with Gasteiger partial charge in [-0.3, -0.25) is 4.79 Å². The van der Waals surface area contributed by atoms with Gasteiger partial charge in [0, 0.05) is 31.7 Å². The van der Waals surface area contributed by atoms with E-state index in [1.165, 1.54) is 40.7 Å². The third-order valence-corrected chi connectivity index (χ3v) is 6.90. The number of hydrogen-bond donors (Lipinski definition) is 0. The van der Waals surface area contributed by atoms with Crippen LogP contribution in [0.1, 0.15) is 36.7 Å². The summed E-state index contributed by atoms with van der Waals surface area (Å²) in [7, 11) is -3.66. The average molecular weight is 435 g/mol. The zero-order valence-corrected chi connectivity index (χ0v) is 18.2. The van der Waals surface area contributed by atoms with Crippen LogP contribution in [0, 0.1) is 5.82 Å². The number of nitrogens with zero attached hydrogens (tertiary/aromatic N) is 2. The van der Waals surface area contributed by atoms with Gasteiger partial charge in [0.25, 0.3) is 5.91 Å². The second-order valence-corrected chi connectivity index (χ2v) is 9.49. The zero-order valence-electron chi connectivity index (χ0n) is 17.4. The van der Waals surface area contributed by atoms with Crippen LogP contribution in [0.3, 0.4) is 0 Å². The zero-order chi connectivity index (χ0) is 21.9. The SMILES string of the molecule is CCN(Cc1cccc(F)c1)C(=O)c1ccc(S(=O)(=O)N2CC(C)OC(C)C2)cc1. The first-order valence-corrected chi connectivity index (χ1v) is 11.4. The number of carbonyl (C=O) groups excluding carboxylic acids is 1. The Morgan fingerprint density at radius 1 is 1.13 bits per heavy atom. The second-order valence-electron chi connectivity index (χ2n) is 7.55. The first kappa shape index (κ1) is 22.4. The molecule has 0 radical (unpaired) electrons. The Kier molecular flexibility index (Phi) is 6.90. The van der Waals surface area contributed by atoms with Crippen molar-refractivity contribution in [3.05, 3.63) is 65.5 Å². The third kappa shape index (κ3) is 5.06. The van der Waals surface area contributed by atoms with E-state index in [9.17, 15) is 17.6 Å². The standard InChI is InChI=1S/C22H27FN2O4S/c1-4-24(15-18-6-5-7-20(23)12-18)22(26)19-8-10-21(11-9-19)30(27,28)25-13-16(2)29-17(3)14-25/h5-12,16-17H,4,13-15H2,1-3H3. The van der Waals surface area contributed by atoms with Crippen molar-refractivity contribution in [1.29, 1.82) is 0 Å². The van der Waals surface area contributed by atoms with Crippen molar-refractivity contribution in [2.24, 2.45) is 0 Å².